The second kappa shape index (κ2) is 8.84. The first-order chi connectivity index (χ1) is 14.1. The van der Waals surface area contributed by atoms with Gasteiger partial charge in [-0.2, -0.15) is 0 Å². The maximum absolute atomic E-state index is 12.4. The molecule has 0 unspecified atom stereocenters. The summed E-state index contributed by atoms with van der Waals surface area (Å²) in [6.07, 6.45) is 0.524. The van der Waals surface area contributed by atoms with Gasteiger partial charge in [-0.15, -0.1) is 0 Å². The molecule has 6 nitrogen and oxygen atoms in total. The predicted octanol–water partition coefficient (Wildman–Crippen LogP) is 3.18. The van der Waals surface area contributed by atoms with Gasteiger partial charge in [0.15, 0.2) is 11.5 Å². The van der Waals surface area contributed by atoms with Gasteiger partial charge >= 0.3 is 0 Å². The molecule has 2 heterocycles. The number of piperazine rings is 1. The number of nitrogens with zero attached hydrogens (tertiary/aromatic N) is 2. The monoisotopic (exact) mass is 395 g/mol. The lowest BCUT2D eigenvalue weighted by Gasteiger charge is -2.34. The number of aryl methyl sites for hydroxylation is 2. The molecule has 2 aliphatic rings. The lowest BCUT2D eigenvalue weighted by atomic mass is 10.1. The van der Waals surface area contributed by atoms with Gasteiger partial charge in [-0.3, -0.25) is 9.69 Å². The number of carbonyl (C=O) groups excluding carboxylic acids is 1. The Morgan fingerprint density at radius 2 is 1.66 bits per heavy atom. The average molecular weight is 396 g/mol. The van der Waals surface area contributed by atoms with Crippen molar-refractivity contribution in [2.75, 3.05) is 44.8 Å². The topological polar surface area (TPSA) is 54.0 Å². The second-order valence-corrected chi connectivity index (χ2v) is 7.87. The van der Waals surface area contributed by atoms with Crippen molar-refractivity contribution >= 4 is 11.6 Å². The summed E-state index contributed by atoms with van der Waals surface area (Å²) in [5.74, 6) is 1.76. The third-order valence-electron chi connectivity index (χ3n) is 5.71. The highest BCUT2D eigenvalue weighted by atomic mass is 16.7. The molecule has 0 spiro atoms. The van der Waals surface area contributed by atoms with Crippen LogP contribution in [0.3, 0.4) is 0 Å². The van der Waals surface area contributed by atoms with Gasteiger partial charge < -0.3 is 19.7 Å². The van der Waals surface area contributed by atoms with E-state index in [0.29, 0.717) is 13.2 Å². The summed E-state index contributed by atoms with van der Waals surface area (Å²) < 4.78 is 10.8. The van der Waals surface area contributed by atoms with Crippen LogP contribution in [-0.4, -0.2) is 55.2 Å². The Bertz CT molecular complexity index is 855. The SMILES string of the molecule is Cc1cccc(C)c1NC(=O)CCN1CCN(Cc2ccc3c(c2)OCO3)CC1. The van der Waals surface area contributed by atoms with E-state index in [-0.39, 0.29) is 5.91 Å². The summed E-state index contributed by atoms with van der Waals surface area (Å²) in [5, 5.41) is 3.08. The number of ether oxygens (including phenoxy) is 2. The summed E-state index contributed by atoms with van der Waals surface area (Å²) in [4.78, 5) is 17.2. The minimum atomic E-state index is 0.0881. The summed E-state index contributed by atoms with van der Waals surface area (Å²) >= 11 is 0. The summed E-state index contributed by atoms with van der Waals surface area (Å²) in [6, 6.07) is 12.3. The van der Waals surface area contributed by atoms with E-state index in [4.69, 9.17) is 9.47 Å². The van der Waals surface area contributed by atoms with Crippen molar-refractivity contribution in [2.45, 2.75) is 26.8 Å². The van der Waals surface area contributed by atoms with Crippen LogP contribution in [0.1, 0.15) is 23.1 Å². The Hall–Kier alpha value is -2.57. The highest BCUT2D eigenvalue weighted by Gasteiger charge is 2.19. The molecule has 0 radical (unpaired) electrons. The van der Waals surface area contributed by atoms with E-state index in [2.05, 4.69) is 27.2 Å². The van der Waals surface area contributed by atoms with E-state index in [1.165, 1.54) is 5.56 Å². The third kappa shape index (κ3) is 4.89. The van der Waals surface area contributed by atoms with Crippen LogP contribution in [0.4, 0.5) is 5.69 Å². The van der Waals surface area contributed by atoms with E-state index in [1.54, 1.807) is 0 Å². The molecule has 154 valence electrons. The number of rotatable bonds is 6. The first-order valence-corrected chi connectivity index (χ1v) is 10.3. The number of hydrogen-bond donors (Lipinski definition) is 1. The molecule has 1 amide bonds. The normalized spacial score (nSPS) is 16.8. The fourth-order valence-corrected chi connectivity index (χ4v) is 3.94. The van der Waals surface area contributed by atoms with Gasteiger partial charge in [-0.05, 0) is 42.7 Å². The molecule has 0 aromatic heterocycles. The molecule has 0 aliphatic carbocycles. The van der Waals surface area contributed by atoms with Crippen LogP contribution in [0.5, 0.6) is 11.5 Å². The number of benzene rings is 2. The number of nitrogens with one attached hydrogen (secondary N) is 1. The molecule has 1 N–H and O–H groups in total. The molecule has 2 aliphatic heterocycles. The molecule has 4 rings (SSSR count). The summed E-state index contributed by atoms with van der Waals surface area (Å²) in [7, 11) is 0. The van der Waals surface area contributed by atoms with Crippen LogP contribution >= 0.6 is 0 Å². The van der Waals surface area contributed by atoms with Crippen LogP contribution in [0, 0.1) is 13.8 Å². The van der Waals surface area contributed by atoms with Crippen molar-refractivity contribution in [3.05, 3.63) is 53.1 Å². The van der Waals surface area contributed by atoms with Gasteiger partial charge in [0, 0.05) is 51.4 Å². The predicted molar refractivity (Wildman–Crippen MR) is 113 cm³/mol. The zero-order valence-corrected chi connectivity index (χ0v) is 17.2. The molecule has 6 heteroatoms. The number of para-hydroxylation sites is 1. The highest BCUT2D eigenvalue weighted by Crippen LogP contribution is 2.32. The minimum Gasteiger partial charge on any atom is -0.454 e. The fourth-order valence-electron chi connectivity index (χ4n) is 3.94. The molecular weight excluding hydrogens is 366 g/mol. The van der Waals surface area contributed by atoms with E-state index in [1.807, 2.05) is 38.1 Å². The molecule has 1 saturated heterocycles. The lowest BCUT2D eigenvalue weighted by molar-refractivity contribution is -0.116. The number of carbonyl (C=O) groups is 1. The van der Waals surface area contributed by atoms with Gasteiger partial charge in [-0.1, -0.05) is 24.3 Å². The van der Waals surface area contributed by atoms with Crippen molar-refractivity contribution in [3.8, 4) is 11.5 Å². The van der Waals surface area contributed by atoms with Gasteiger partial charge in [-0.25, -0.2) is 0 Å². The molecule has 29 heavy (non-hydrogen) atoms. The lowest BCUT2D eigenvalue weighted by Crippen LogP contribution is -2.46. The van der Waals surface area contributed by atoms with Crippen molar-refractivity contribution in [3.63, 3.8) is 0 Å². The fraction of sp³-hybridized carbons (Fsp3) is 0.435. The Balaban J connectivity index is 1.20. The van der Waals surface area contributed by atoms with Crippen LogP contribution < -0.4 is 14.8 Å². The quantitative estimate of drug-likeness (QED) is 0.814. The minimum absolute atomic E-state index is 0.0881. The van der Waals surface area contributed by atoms with Gasteiger partial charge in [0.25, 0.3) is 0 Å². The Morgan fingerprint density at radius 3 is 2.41 bits per heavy atom. The van der Waals surface area contributed by atoms with Crippen molar-refractivity contribution in [2.24, 2.45) is 0 Å². The number of amides is 1. The van der Waals surface area contributed by atoms with Crippen LogP contribution in [-0.2, 0) is 11.3 Å². The molecular formula is C23H29N3O3. The number of hydrogen-bond acceptors (Lipinski definition) is 5. The number of fused-ring (bicyclic) bond motifs is 1. The van der Waals surface area contributed by atoms with E-state index < -0.39 is 0 Å². The molecule has 1 fully saturated rings. The first kappa shape index (κ1) is 19.7. The highest BCUT2D eigenvalue weighted by molar-refractivity contribution is 5.92. The third-order valence-corrected chi connectivity index (χ3v) is 5.71. The van der Waals surface area contributed by atoms with Crippen molar-refractivity contribution in [1.29, 1.82) is 0 Å². The smallest absolute Gasteiger partial charge is 0.231 e. The maximum atomic E-state index is 12.4. The molecule has 2 aromatic rings. The molecule has 0 bridgehead atoms. The van der Waals surface area contributed by atoms with Gasteiger partial charge in [0.1, 0.15) is 0 Å². The van der Waals surface area contributed by atoms with E-state index in [0.717, 1.165) is 67.6 Å². The Kier molecular flexibility index (Phi) is 6.02. The van der Waals surface area contributed by atoms with Crippen LogP contribution in [0.15, 0.2) is 36.4 Å². The summed E-state index contributed by atoms with van der Waals surface area (Å²) in [5.41, 5.74) is 4.41. The molecule has 0 atom stereocenters. The van der Waals surface area contributed by atoms with Crippen molar-refractivity contribution < 1.29 is 14.3 Å². The van der Waals surface area contributed by atoms with E-state index in [9.17, 15) is 4.79 Å². The second-order valence-electron chi connectivity index (χ2n) is 7.87. The van der Waals surface area contributed by atoms with Gasteiger partial charge in [0.05, 0.1) is 0 Å². The standard InChI is InChI=1S/C23H29N3O3/c1-17-4-3-5-18(2)23(17)24-22(27)8-9-25-10-12-26(13-11-25)15-19-6-7-20-21(14-19)29-16-28-20/h3-7,14H,8-13,15-16H2,1-2H3,(H,24,27). The van der Waals surface area contributed by atoms with Crippen molar-refractivity contribution in [1.82, 2.24) is 9.80 Å². The van der Waals surface area contributed by atoms with Crippen LogP contribution in [0.2, 0.25) is 0 Å². The zero-order valence-electron chi connectivity index (χ0n) is 17.2. The van der Waals surface area contributed by atoms with E-state index >= 15 is 0 Å². The van der Waals surface area contributed by atoms with Crippen LogP contribution in [0.25, 0.3) is 0 Å². The van der Waals surface area contributed by atoms with Gasteiger partial charge in [0.2, 0.25) is 12.7 Å². The largest absolute Gasteiger partial charge is 0.454 e. The Morgan fingerprint density at radius 1 is 0.966 bits per heavy atom. The zero-order chi connectivity index (χ0) is 20.2. The molecule has 2 aromatic carbocycles. The molecule has 0 saturated carbocycles. The first-order valence-electron chi connectivity index (χ1n) is 10.3. The Labute approximate surface area is 172 Å². The average Bonchev–Trinajstić information content (AvgIpc) is 3.18. The maximum Gasteiger partial charge on any atom is 0.231 e. The number of anilines is 1. The summed E-state index contributed by atoms with van der Waals surface area (Å²) in [6.45, 7) is 10.1.